The number of hydrogen-bond donors (Lipinski definition) is 2. The number of amides is 3. The zero-order chi connectivity index (χ0) is 21.2. The predicted molar refractivity (Wildman–Crippen MR) is 94.9 cm³/mol. The van der Waals surface area contributed by atoms with Gasteiger partial charge in [0.05, 0.1) is 12.1 Å². The third-order valence-corrected chi connectivity index (χ3v) is 4.53. The molecule has 2 aromatic rings. The highest BCUT2D eigenvalue weighted by Gasteiger charge is 2.35. The van der Waals surface area contributed by atoms with Gasteiger partial charge >= 0.3 is 11.8 Å². The second-order valence-corrected chi connectivity index (χ2v) is 6.42. The zero-order valence-electron chi connectivity index (χ0n) is 14.9. The Morgan fingerprint density at radius 3 is 2.72 bits per heavy atom. The summed E-state index contributed by atoms with van der Waals surface area (Å²) in [5.74, 6) is -0.954. The van der Waals surface area contributed by atoms with Gasteiger partial charge in [-0.15, -0.1) is 0 Å². The molecule has 0 aliphatic carbocycles. The molecule has 0 spiro atoms. The lowest BCUT2D eigenvalue weighted by Gasteiger charge is -2.23. The van der Waals surface area contributed by atoms with Gasteiger partial charge in [0.1, 0.15) is 11.6 Å². The smallest absolute Gasteiger partial charge is 0.417 e. The molecule has 1 aliphatic heterocycles. The topological polar surface area (TPSA) is 109 Å². The Balaban J connectivity index is 1.83. The van der Waals surface area contributed by atoms with Crippen molar-refractivity contribution in [2.75, 3.05) is 18.4 Å². The molecular formula is C18H16F3N3O5. The maximum atomic E-state index is 13.1. The van der Waals surface area contributed by atoms with Crippen LogP contribution in [0.25, 0.3) is 11.0 Å². The fourth-order valence-electron chi connectivity index (χ4n) is 3.27. The molecule has 0 bridgehead atoms. The Kier molecular flexibility index (Phi) is 5.57. The molecule has 29 heavy (non-hydrogen) atoms. The Morgan fingerprint density at radius 2 is 2.03 bits per heavy atom. The van der Waals surface area contributed by atoms with Gasteiger partial charge in [-0.2, -0.15) is 13.2 Å². The van der Waals surface area contributed by atoms with Crippen LogP contribution in [0.1, 0.15) is 18.4 Å². The number of carbonyl (C=O) groups excluding carboxylic acids is 3. The molecule has 0 radical (unpaired) electrons. The van der Waals surface area contributed by atoms with E-state index < -0.39 is 35.2 Å². The predicted octanol–water partition coefficient (Wildman–Crippen LogP) is 1.49. The first-order chi connectivity index (χ1) is 13.7. The van der Waals surface area contributed by atoms with E-state index in [9.17, 15) is 32.3 Å². The summed E-state index contributed by atoms with van der Waals surface area (Å²) in [4.78, 5) is 47.8. The Hall–Kier alpha value is -3.37. The molecule has 0 saturated carbocycles. The minimum atomic E-state index is -4.74. The maximum Gasteiger partial charge on any atom is 0.417 e. The molecule has 8 nitrogen and oxygen atoms in total. The lowest BCUT2D eigenvalue weighted by molar-refractivity contribution is -0.136. The van der Waals surface area contributed by atoms with Crippen molar-refractivity contribution < 1.29 is 32.0 Å². The second-order valence-electron chi connectivity index (χ2n) is 6.42. The van der Waals surface area contributed by atoms with Crippen LogP contribution in [-0.4, -0.2) is 42.3 Å². The summed E-state index contributed by atoms with van der Waals surface area (Å²) in [7, 11) is 0. The van der Waals surface area contributed by atoms with Crippen molar-refractivity contribution in [2.45, 2.75) is 25.1 Å². The van der Waals surface area contributed by atoms with E-state index in [1.165, 1.54) is 11.0 Å². The van der Waals surface area contributed by atoms with E-state index in [1.807, 2.05) is 0 Å². The van der Waals surface area contributed by atoms with Gasteiger partial charge in [0, 0.05) is 29.8 Å². The number of nitrogens with zero attached hydrogens (tertiary/aromatic N) is 1. The third kappa shape index (κ3) is 4.39. The first-order valence-corrected chi connectivity index (χ1v) is 8.63. The van der Waals surface area contributed by atoms with Crippen molar-refractivity contribution in [2.24, 2.45) is 0 Å². The van der Waals surface area contributed by atoms with Crippen molar-refractivity contribution in [1.29, 1.82) is 0 Å². The molecule has 11 heteroatoms. The summed E-state index contributed by atoms with van der Waals surface area (Å²) in [5.41, 5.74) is -2.49. The van der Waals surface area contributed by atoms with Crippen molar-refractivity contribution in [3.8, 4) is 0 Å². The van der Waals surface area contributed by atoms with Crippen molar-refractivity contribution in [3.63, 3.8) is 0 Å². The van der Waals surface area contributed by atoms with E-state index in [-0.39, 0.29) is 23.2 Å². The normalized spacial score (nSPS) is 16.7. The number of carbonyl (C=O) groups is 3. The fourth-order valence-corrected chi connectivity index (χ4v) is 3.27. The maximum absolute atomic E-state index is 13.1. The van der Waals surface area contributed by atoms with Crippen LogP contribution in [0, 0.1) is 0 Å². The van der Waals surface area contributed by atoms with E-state index in [2.05, 4.69) is 10.6 Å². The van der Waals surface area contributed by atoms with E-state index in [0.717, 1.165) is 12.1 Å². The summed E-state index contributed by atoms with van der Waals surface area (Å²) in [6, 6.07) is 3.07. The molecule has 1 fully saturated rings. The highest BCUT2D eigenvalue weighted by molar-refractivity contribution is 5.99. The molecule has 2 N–H and O–H groups in total. The van der Waals surface area contributed by atoms with Gasteiger partial charge in [0.25, 0.3) is 0 Å². The number of rotatable bonds is 5. The number of hydrogen-bond acceptors (Lipinski definition) is 5. The van der Waals surface area contributed by atoms with Crippen LogP contribution in [0.3, 0.4) is 0 Å². The van der Waals surface area contributed by atoms with Crippen LogP contribution < -0.4 is 16.3 Å². The first-order valence-electron chi connectivity index (χ1n) is 8.63. The average Bonchev–Trinajstić information content (AvgIpc) is 3.14. The Labute approximate surface area is 161 Å². The van der Waals surface area contributed by atoms with E-state index in [4.69, 9.17) is 4.42 Å². The lowest BCUT2D eigenvalue weighted by Crippen LogP contribution is -2.46. The Morgan fingerprint density at radius 1 is 1.28 bits per heavy atom. The average molecular weight is 411 g/mol. The molecule has 1 aliphatic rings. The largest absolute Gasteiger partial charge is 0.423 e. The first kappa shape index (κ1) is 20.4. The van der Waals surface area contributed by atoms with E-state index >= 15 is 0 Å². The minimum absolute atomic E-state index is 0.121. The summed E-state index contributed by atoms with van der Waals surface area (Å²) in [5, 5.41) is 4.46. The van der Waals surface area contributed by atoms with E-state index in [1.54, 1.807) is 0 Å². The second kappa shape index (κ2) is 7.94. The zero-order valence-corrected chi connectivity index (χ0v) is 14.9. The number of benzene rings is 1. The monoisotopic (exact) mass is 411 g/mol. The number of fused-ring (bicyclic) bond motifs is 1. The molecule has 3 amide bonds. The lowest BCUT2D eigenvalue weighted by atomic mass is 10.1. The quantitative estimate of drug-likeness (QED) is 0.573. The molecule has 3 rings (SSSR count). The molecule has 154 valence electrons. The number of alkyl halides is 3. The van der Waals surface area contributed by atoms with Crippen LogP contribution in [0.5, 0.6) is 0 Å². The molecular weight excluding hydrogens is 395 g/mol. The SMILES string of the molecule is O=CNCC(=O)N1CCCC1C(=O)Nc1ccc2c(C(F)(F)F)cc(=O)oc2c1. The molecule has 1 aromatic carbocycles. The van der Waals surface area contributed by atoms with Gasteiger partial charge in [-0.3, -0.25) is 14.4 Å². The number of likely N-dealkylation sites (tertiary alicyclic amines) is 1. The van der Waals surface area contributed by atoms with Crippen molar-refractivity contribution in [1.82, 2.24) is 10.2 Å². The van der Waals surface area contributed by atoms with Gasteiger partial charge < -0.3 is 20.0 Å². The number of nitrogens with one attached hydrogen (secondary N) is 2. The molecule has 2 heterocycles. The van der Waals surface area contributed by atoms with Crippen LogP contribution in [0.2, 0.25) is 0 Å². The molecule has 1 saturated heterocycles. The summed E-state index contributed by atoms with van der Waals surface area (Å²) in [6.07, 6.45) is -3.37. The van der Waals surface area contributed by atoms with Crippen molar-refractivity contribution in [3.05, 3.63) is 40.2 Å². The van der Waals surface area contributed by atoms with Gasteiger partial charge in [0.15, 0.2) is 0 Å². The standard InChI is InChI=1S/C18H16F3N3O5/c19-18(20,21)12-7-16(27)29-14-6-10(3-4-11(12)14)23-17(28)13-2-1-5-24(13)15(26)8-22-9-25/h3-4,6-7,9,13H,1-2,5,8H2,(H,22,25)(H,23,28). The molecule has 1 unspecified atom stereocenters. The van der Waals surface area contributed by atoms with Gasteiger partial charge in [-0.25, -0.2) is 4.79 Å². The van der Waals surface area contributed by atoms with Crippen LogP contribution in [0.15, 0.2) is 33.5 Å². The number of anilines is 1. The van der Waals surface area contributed by atoms with Gasteiger partial charge in [0.2, 0.25) is 18.2 Å². The van der Waals surface area contributed by atoms with Crippen LogP contribution >= 0.6 is 0 Å². The third-order valence-electron chi connectivity index (χ3n) is 4.53. The van der Waals surface area contributed by atoms with E-state index in [0.29, 0.717) is 31.9 Å². The highest BCUT2D eigenvalue weighted by atomic mass is 19.4. The van der Waals surface area contributed by atoms with Crippen LogP contribution in [-0.2, 0) is 20.6 Å². The minimum Gasteiger partial charge on any atom is -0.423 e. The number of halogens is 3. The van der Waals surface area contributed by atoms with Crippen molar-refractivity contribution >= 4 is 34.9 Å². The highest BCUT2D eigenvalue weighted by Crippen LogP contribution is 2.34. The van der Waals surface area contributed by atoms with Gasteiger partial charge in [-0.1, -0.05) is 0 Å². The Bertz CT molecular complexity index is 1020. The summed E-state index contributed by atoms with van der Waals surface area (Å²) >= 11 is 0. The summed E-state index contributed by atoms with van der Waals surface area (Å²) in [6.45, 7) is 0.105. The summed E-state index contributed by atoms with van der Waals surface area (Å²) < 4.78 is 44.2. The molecule has 1 atom stereocenters. The molecule has 1 aromatic heterocycles. The van der Waals surface area contributed by atoms with Gasteiger partial charge in [-0.05, 0) is 25.0 Å². The fraction of sp³-hybridized carbons (Fsp3) is 0.333. The van der Waals surface area contributed by atoms with Crippen LogP contribution in [0.4, 0.5) is 18.9 Å².